The molecule has 107 heavy (non-hydrogen) atoms. The molecule has 3 rings (SSSR count). The van der Waals surface area contributed by atoms with Crippen LogP contribution in [-0.2, 0) is 78.3 Å². The van der Waals surface area contributed by atoms with Crippen LogP contribution in [0, 0.1) is 47.3 Å². The maximum absolute atomic E-state index is 15.0. The fourth-order valence-corrected chi connectivity index (χ4v) is 12.1. The number of nitrogens with zero attached hydrogens (tertiary/aromatic N) is 1. The van der Waals surface area contributed by atoms with Gasteiger partial charge in [0.25, 0.3) is 5.91 Å². The van der Waals surface area contributed by atoms with Crippen LogP contribution in [0.5, 0.6) is 0 Å². The van der Waals surface area contributed by atoms with Crippen LogP contribution in [0.3, 0.4) is 0 Å². The molecular weight excluding hydrogens is 1380 g/mol. The number of nitrogens with two attached hydrogens (primary N) is 1. The number of carbonyl (C=O) groups excluding carboxylic acids is 14. The number of aliphatic hydroxyl groups is 1. The zero-order chi connectivity index (χ0) is 79.4. The minimum Gasteiger partial charge on any atom is -0.458 e. The third kappa shape index (κ3) is 29.5. The molecule has 2 fully saturated rings. The van der Waals surface area contributed by atoms with Crippen LogP contribution >= 0.6 is 0 Å². The summed E-state index contributed by atoms with van der Waals surface area (Å²) in [4.78, 5) is 202. The Labute approximate surface area is 631 Å². The first-order valence-corrected chi connectivity index (χ1v) is 37.5. The average molecular weight is 1510 g/mol. The Bertz CT molecular complexity index is 3170. The van der Waals surface area contributed by atoms with Crippen molar-refractivity contribution in [2.75, 3.05) is 13.1 Å². The predicted octanol–water partition coefficient (Wildman–Crippen LogP) is 0.187. The highest BCUT2D eigenvalue weighted by Gasteiger charge is 2.44. The molecule has 13 amide bonds. The fraction of sp³-hybridized carbons (Fsp3) is 0.707. The van der Waals surface area contributed by atoms with Crippen LogP contribution in [0.1, 0.15) is 195 Å². The number of amides is 13. The second kappa shape index (κ2) is 46.6. The summed E-state index contributed by atoms with van der Waals surface area (Å²) < 4.78 is 5.96. The van der Waals surface area contributed by atoms with Crippen molar-refractivity contribution in [3.05, 3.63) is 47.7 Å². The predicted molar refractivity (Wildman–Crippen MR) is 403 cm³/mol. The minimum atomic E-state index is -1.83. The van der Waals surface area contributed by atoms with Gasteiger partial charge in [0.2, 0.25) is 70.9 Å². The topological polar surface area (TPSA) is 505 Å². The molecule has 19 N–H and O–H groups in total. The van der Waals surface area contributed by atoms with Crippen LogP contribution in [0.2, 0.25) is 0 Å². The molecule has 0 saturated carbocycles. The Morgan fingerprint density at radius 1 is 0.607 bits per heavy atom. The van der Waals surface area contributed by atoms with Crippen molar-refractivity contribution in [1.29, 1.82) is 0 Å². The SMILES string of the molecule is C/C=C1/NC(=O)[C@H](Cc2ccccc2)NC(=O)[C@H](C(C)C)NC(=O)[C@@H]([C@@H](C)CC)NC(=O)[C@@H](NC(=O)[C@H](NC(=O)[C@H](CCCN)NC(=O)[C@H]2CCCN2C(=O)[C@@H](NC(=O)[C@@H](NC(=O)[C@@H](NC(=O)[C@@H](NC(=O)CCCC(C)C)C(C)C)[C@@H](C)O)C(C)C)C(C)C)[C@@H](C)CC)[C@@H](C)OC(=O)[C@H](C(C)C)NC1=O.O.O. The van der Waals surface area contributed by atoms with E-state index >= 15 is 9.59 Å². The molecule has 2 heterocycles. The zero-order valence-corrected chi connectivity index (χ0v) is 66.2. The van der Waals surface area contributed by atoms with Gasteiger partial charge in [0.1, 0.15) is 84.3 Å². The first kappa shape index (κ1) is 96.4. The standard InChI is InChI=1S/C75H124N14O16.2H2O/c1-20-44(16)59(71(100)88-62-47(19)105-75(104)58(43(14)15)84-63(92)49(22-3)77-65(94)51(37-48-30-24-23-25-31-48)79-67(96)55(40(8)9)81-70(99)60(45(17)21-2)86-73(62)102)85-64(93)50(32-27-35-76)78-66(95)52-33-28-36-89(52)74(103)57(42(12)13)83-69(98)56(41(10)11)82-72(101)61(46(18)90)87-68(97)54(39(6)7)80-53(91)34-26-29-38(4)5;;/h22-25,30-31,38-47,50-52,54-62,90H,20-21,26-29,32-37,76H2,1-19H3,(H,77,94)(H,78,95)(H,79,96)(H,80,91)(H,81,99)(H,82,101)(H,83,98)(H,84,92)(H,85,93)(H,86,102)(H,87,97)(H,88,100);2*1H2/b49-22+;;/t44-,45-,46+,47+,50-,51-,52+,54-,55-,56-,57-,58-,59+,60+,61-,62-;;/m0../s1. The zero-order valence-electron chi connectivity index (χ0n) is 66.2. The van der Waals surface area contributed by atoms with Gasteiger partial charge in [-0.25, -0.2) is 4.79 Å². The fourth-order valence-electron chi connectivity index (χ4n) is 12.1. The average Bonchev–Trinajstić information content (AvgIpc) is 1.79. The molecule has 0 radical (unpaired) electrons. The summed E-state index contributed by atoms with van der Waals surface area (Å²) >= 11 is 0. The lowest BCUT2D eigenvalue weighted by molar-refractivity contribution is -0.157. The molecule has 2 aliphatic heterocycles. The summed E-state index contributed by atoms with van der Waals surface area (Å²) in [6, 6.07) is -7.67. The molecule has 0 bridgehead atoms. The molecule has 2 saturated heterocycles. The van der Waals surface area contributed by atoms with Gasteiger partial charge >= 0.3 is 5.97 Å². The van der Waals surface area contributed by atoms with E-state index in [1.54, 1.807) is 127 Å². The maximum Gasteiger partial charge on any atom is 0.329 e. The van der Waals surface area contributed by atoms with Crippen LogP contribution in [0.25, 0.3) is 0 Å². The van der Waals surface area contributed by atoms with Crippen LogP contribution in [0.15, 0.2) is 42.1 Å². The normalized spacial score (nSPS) is 22.1. The quantitative estimate of drug-likeness (QED) is 0.0330. The summed E-state index contributed by atoms with van der Waals surface area (Å²) in [7, 11) is 0. The second-order valence-corrected chi connectivity index (χ2v) is 30.2. The largest absolute Gasteiger partial charge is 0.458 e. The first-order chi connectivity index (χ1) is 49.2. The van der Waals surface area contributed by atoms with Gasteiger partial charge in [-0.2, -0.15) is 0 Å². The summed E-state index contributed by atoms with van der Waals surface area (Å²) in [5, 5.41) is 43.2. The van der Waals surface area contributed by atoms with Crippen molar-refractivity contribution in [1.82, 2.24) is 68.7 Å². The molecular formula is C75H128N14O18. The number of aliphatic hydroxyl groups excluding tert-OH is 1. The molecule has 0 aliphatic carbocycles. The number of allylic oxidation sites excluding steroid dienone is 1. The third-order valence-corrected chi connectivity index (χ3v) is 19.3. The Hall–Kier alpha value is -8.62. The summed E-state index contributed by atoms with van der Waals surface area (Å²) in [5.74, 6) is -15.1. The number of nitrogens with one attached hydrogen (secondary N) is 12. The van der Waals surface area contributed by atoms with Crippen molar-refractivity contribution < 1.29 is 87.9 Å². The minimum absolute atomic E-state index is 0. The van der Waals surface area contributed by atoms with Crippen LogP contribution in [-0.4, -0.2) is 202 Å². The molecule has 1 aromatic rings. The molecule has 0 spiro atoms. The third-order valence-electron chi connectivity index (χ3n) is 19.3. The Morgan fingerprint density at radius 3 is 1.66 bits per heavy atom. The molecule has 606 valence electrons. The summed E-state index contributed by atoms with van der Waals surface area (Å²) in [6.07, 6.45) is 1.02. The number of esters is 1. The van der Waals surface area contributed by atoms with Crippen molar-refractivity contribution in [3.8, 4) is 0 Å². The van der Waals surface area contributed by atoms with Gasteiger partial charge in [-0.1, -0.05) is 166 Å². The van der Waals surface area contributed by atoms with Crippen LogP contribution in [0.4, 0.5) is 0 Å². The number of carbonyl (C=O) groups is 14. The number of ether oxygens (including phenoxy) is 1. The van der Waals surface area contributed by atoms with E-state index in [1.807, 2.05) is 13.8 Å². The molecule has 2 aliphatic rings. The highest BCUT2D eigenvalue weighted by atomic mass is 16.5. The number of benzene rings is 1. The highest BCUT2D eigenvalue weighted by molar-refractivity contribution is 6.03. The van der Waals surface area contributed by atoms with Gasteiger partial charge in [0.05, 0.1) is 6.10 Å². The lowest BCUT2D eigenvalue weighted by Gasteiger charge is -2.33. The lowest BCUT2D eigenvalue weighted by atomic mass is 9.95. The Balaban J connectivity index is 0.0000286. The van der Waals surface area contributed by atoms with E-state index in [2.05, 4.69) is 63.8 Å². The van der Waals surface area contributed by atoms with E-state index in [-0.39, 0.29) is 74.2 Å². The molecule has 16 atom stereocenters. The number of rotatable bonds is 33. The maximum atomic E-state index is 15.0. The van der Waals surface area contributed by atoms with E-state index in [0.717, 1.165) is 6.42 Å². The molecule has 32 nitrogen and oxygen atoms in total. The van der Waals surface area contributed by atoms with Gasteiger partial charge in [-0.15, -0.1) is 0 Å². The smallest absolute Gasteiger partial charge is 0.329 e. The van der Waals surface area contributed by atoms with E-state index in [1.165, 1.54) is 31.7 Å². The van der Waals surface area contributed by atoms with Gasteiger partial charge in [-0.05, 0) is 112 Å². The summed E-state index contributed by atoms with van der Waals surface area (Å²) in [6.45, 7) is 31.8. The Morgan fingerprint density at radius 2 is 1.14 bits per heavy atom. The molecule has 32 heteroatoms. The number of cyclic esters (lactones) is 1. The van der Waals surface area contributed by atoms with E-state index < -0.39 is 203 Å². The lowest BCUT2D eigenvalue weighted by Crippen LogP contribution is -2.64. The van der Waals surface area contributed by atoms with E-state index in [9.17, 15) is 62.6 Å². The van der Waals surface area contributed by atoms with Crippen molar-refractivity contribution >= 4 is 82.8 Å². The summed E-state index contributed by atoms with van der Waals surface area (Å²) in [5.41, 5.74) is 6.34. The van der Waals surface area contributed by atoms with Gasteiger partial charge < -0.3 is 95.2 Å². The Kier molecular flexibility index (Phi) is 41.9. The second-order valence-electron chi connectivity index (χ2n) is 30.2. The van der Waals surface area contributed by atoms with Crippen molar-refractivity contribution in [2.24, 2.45) is 53.1 Å². The van der Waals surface area contributed by atoms with E-state index in [0.29, 0.717) is 30.7 Å². The van der Waals surface area contributed by atoms with Crippen molar-refractivity contribution in [3.63, 3.8) is 0 Å². The van der Waals surface area contributed by atoms with Gasteiger partial charge in [-0.3, -0.25) is 62.3 Å². The molecule has 1 aromatic carbocycles. The first-order valence-electron chi connectivity index (χ1n) is 37.5. The van der Waals surface area contributed by atoms with Crippen LogP contribution < -0.4 is 69.5 Å². The number of likely N-dealkylation sites (tertiary alicyclic amines) is 1. The van der Waals surface area contributed by atoms with Gasteiger partial charge in [0.15, 0.2) is 0 Å². The van der Waals surface area contributed by atoms with Crippen molar-refractivity contribution in [2.45, 2.75) is 280 Å². The molecule has 0 unspecified atom stereocenters. The number of hydrogen-bond acceptors (Lipinski definition) is 17. The highest BCUT2D eigenvalue weighted by Crippen LogP contribution is 2.23. The van der Waals surface area contributed by atoms with Gasteiger partial charge in [0, 0.05) is 19.4 Å². The molecule has 0 aromatic heterocycles. The number of hydrogen-bond donors (Lipinski definition) is 14. The van der Waals surface area contributed by atoms with E-state index in [4.69, 9.17) is 10.5 Å². The monoisotopic (exact) mass is 1510 g/mol.